The van der Waals surface area contributed by atoms with E-state index in [0.717, 1.165) is 4.47 Å². The van der Waals surface area contributed by atoms with Crippen molar-refractivity contribution in [2.45, 2.75) is 6.54 Å². The quantitative estimate of drug-likeness (QED) is 0.469. The van der Waals surface area contributed by atoms with Gasteiger partial charge in [0.05, 0.1) is 26.5 Å². The van der Waals surface area contributed by atoms with Crippen LogP contribution < -0.4 is 15.4 Å². The molecule has 166 valence electrons. The summed E-state index contributed by atoms with van der Waals surface area (Å²) in [5.74, 6) is 0.0304. The van der Waals surface area contributed by atoms with E-state index >= 15 is 0 Å². The van der Waals surface area contributed by atoms with Gasteiger partial charge in [0, 0.05) is 15.7 Å². The van der Waals surface area contributed by atoms with Crippen LogP contribution in [0, 0.1) is 0 Å². The maximum atomic E-state index is 12.9. The van der Waals surface area contributed by atoms with Gasteiger partial charge in [-0.05, 0) is 60.7 Å². The van der Waals surface area contributed by atoms with Gasteiger partial charge in [-0.1, -0.05) is 15.9 Å². The largest absolute Gasteiger partial charge is 0.497 e. The Labute approximate surface area is 193 Å². The van der Waals surface area contributed by atoms with E-state index in [0.29, 0.717) is 22.8 Å². The molecule has 0 spiro atoms. The lowest BCUT2D eigenvalue weighted by Gasteiger charge is -2.21. The Bertz CT molecular complexity index is 1050. The summed E-state index contributed by atoms with van der Waals surface area (Å²) in [6, 6.07) is 17.1. The fraction of sp³-hybridized carbons (Fsp3) is 0.174. The molecule has 3 amide bonds. The van der Waals surface area contributed by atoms with Crippen molar-refractivity contribution in [1.29, 1.82) is 0 Å². The Morgan fingerprint density at radius 1 is 1.00 bits per heavy atom. The highest BCUT2D eigenvalue weighted by atomic mass is 79.9. The predicted octanol–water partition coefficient (Wildman–Crippen LogP) is 3.45. The van der Waals surface area contributed by atoms with Gasteiger partial charge in [0.2, 0.25) is 11.8 Å². The Kier molecular flexibility index (Phi) is 8.04. The van der Waals surface area contributed by atoms with Crippen LogP contribution >= 0.6 is 15.9 Å². The molecule has 32 heavy (non-hydrogen) atoms. The van der Waals surface area contributed by atoms with Crippen molar-refractivity contribution in [2.24, 2.45) is 0 Å². The Morgan fingerprint density at radius 3 is 2.34 bits per heavy atom. The summed E-state index contributed by atoms with van der Waals surface area (Å²) >= 11 is 3.34. The van der Waals surface area contributed by atoms with Crippen molar-refractivity contribution in [3.63, 3.8) is 0 Å². The number of anilines is 1. The van der Waals surface area contributed by atoms with Crippen molar-refractivity contribution < 1.29 is 23.5 Å². The summed E-state index contributed by atoms with van der Waals surface area (Å²) in [4.78, 5) is 38.9. The molecule has 0 unspecified atom stereocenters. The van der Waals surface area contributed by atoms with Gasteiger partial charge >= 0.3 is 0 Å². The maximum Gasteiger partial charge on any atom is 0.254 e. The molecule has 8 nitrogen and oxygen atoms in total. The number of nitrogens with zero attached hydrogens (tertiary/aromatic N) is 1. The van der Waals surface area contributed by atoms with E-state index in [2.05, 4.69) is 26.6 Å². The highest BCUT2D eigenvalue weighted by Gasteiger charge is 2.20. The Hall–Kier alpha value is -3.59. The molecule has 2 aromatic carbocycles. The van der Waals surface area contributed by atoms with Gasteiger partial charge < -0.3 is 24.7 Å². The molecule has 0 aliphatic carbocycles. The van der Waals surface area contributed by atoms with Gasteiger partial charge in [-0.15, -0.1) is 0 Å². The number of benzene rings is 2. The summed E-state index contributed by atoms with van der Waals surface area (Å²) in [5, 5.41) is 5.23. The summed E-state index contributed by atoms with van der Waals surface area (Å²) in [6.45, 7) is -0.343. The minimum atomic E-state index is -0.466. The predicted molar refractivity (Wildman–Crippen MR) is 122 cm³/mol. The number of carbonyl (C=O) groups excluding carboxylic acids is 3. The minimum Gasteiger partial charge on any atom is -0.497 e. The molecule has 0 fully saturated rings. The third-order valence-corrected chi connectivity index (χ3v) is 4.99. The number of hydrogen-bond acceptors (Lipinski definition) is 5. The summed E-state index contributed by atoms with van der Waals surface area (Å²) in [6.07, 6.45) is 1.50. The molecule has 3 aromatic rings. The molecule has 0 saturated heterocycles. The number of amides is 3. The van der Waals surface area contributed by atoms with Crippen molar-refractivity contribution in [3.05, 3.63) is 82.7 Å². The summed E-state index contributed by atoms with van der Waals surface area (Å²) < 4.78 is 11.2. The first-order valence-corrected chi connectivity index (χ1v) is 10.5. The average Bonchev–Trinajstić information content (AvgIpc) is 3.31. The Morgan fingerprint density at radius 2 is 1.72 bits per heavy atom. The summed E-state index contributed by atoms with van der Waals surface area (Å²) in [7, 11) is 1.56. The molecule has 0 aliphatic heterocycles. The lowest BCUT2D eigenvalue weighted by molar-refractivity contribution is -0.124. The molecule has 0 atom stereocenters. The highest BCUT2D eigenvalue weighted by Crippen LogP contribution is 2.15. The van der Waals surface area contributed by atoms with E-state index in [1.54, 1.807) is 67.8 Å². The first-order chi connectivity index (χ1) is 15.4. The van der Waals surface area contributed by atoms with Gasteiger partial charge in [0.15, 0.2) is 0 Å². The number of hydrogen-bond donors (Lipinski definition) is 2. The molecule has 0 saturated carbocycles. The second-order valence-corrected chi connectivity index (χ2v) is 7.72. The van der Waals surface area contributed by atoms with Gasteiger partial charge in [-0.3, -0.25) is 14.4 Å². The molecule has 3 rings (SSSR count). The van der Waals surface area contributed by atoms with Crippen molar-refractivity contribution in [1.82, 2.24) is 10.2 Å². The molecule has 1 aromatic heterocycles. The molecule has 0 bridgehead atoms. The molecule has 0 radical (unpaired) electrons. The van der Waals surface area contributed by atoms with E-state index in [9.17, 15) is 14.4 Å². The van der Waals surface area contributed by atoms with Crippen LogP contribution in [0.3, 0.4) is 0 Å². The number of ether oxygens (including phenoxy) is 1. The van der Waals surface area contributed by atoms with Gasteiger partial charge in [0.25, 0.3) is 5.91 Å². The summed E-state index contributed by atoms with van der Waals surface area (Å²) in [5.41, 5.74) is 1.01. The molecule has 9 heteroatoms. The SMILES string of the molecule is COc1ccc(NC(=O)CNC(=O)CN(Cc2ccco2)C(=O)c2ccc(Br)cc2)cc1. The van der Waals surface area contributed by atoms with Gasteiger partial charge in [0.1, 0.15) is 18.1 Å². The standard InChI is InChI=1S/C23H22BrN3O5/c1-31-19-10-8-18(9-11-19)26-21(28)13-25-22(29)15-27(14-20-3-2-12-32-20)23(30)16-4-6-17(24)7-5-16/h2-12H,13-15H2,1H3,(H,25,29)(H,26,28). The minimum absolute atomic E-state index is 0.118. The zero-order valence-electron chi connectivity index (χ0n) is 17.3. The normalized spacial score (nSPS) is 10.3. The lowest BCUT2D eigenvalue weighted by Crippen LogP contribution is -2.42. The van der Waals surface area contributed by atoms with Gasteiger partial charge in [-0.25, -0.2) is 0 Å². The molecule has 1 heterocycles. The van der Waals surface area contributed by atoms with Gasteiger partial charge in [-0.2, -0.15) is 0 Å². The third-order valence-electron chi connectivity index (χ3n) is 4.46. The number of furan rings is 1. The van der Waals surface area contributed by atoms with E-state index in [-0.39, 0.29) is 31.4 Å². The number of nitrogens with one attached hydrogen (secondary N) is 2. The number of carbonyl (C=O) groups is 3. The van der Waals surface area contributed by atoms with Crippen LogP contribution in [0.15, 0.2) is 75.8 Å². The van der Waals surface area contributed by atoms with Crippen molar-refractivity contribution in [2.75, 3.05) is 25.5 Å². The number of halogens is 1. The first kappa shape index (κ1) is 23.1. The maximum absolute atomic E-state index is 12.9. The average molecular weight is 500 g/mol. The zero-order valence-corrected chi connectivity index (χ0v) is 18.9. The fourth-order valence-electron chi connectivity index (χ4n) is 2.85. The topological polar surface area (TPSA) is 101 Å². The number of methoxy groups -OCH3 is 1. The van der Waals surface area contributed by atoms with Crippen LogP contribution in [0.25, 0.3) is 0 Å². The molecule has 2 N–H and O–H groups in total. The van der Waals surface area contributed by atoms with E-state index < -0.39 is 5.91 Å². The van der Waals surface area contributed by atoms with Crippen molar-refractivity contribution >= 4 is 39.3 Å². The second kappa shape index (κ2) is 11.1. The van der Waals surface area contributed by atoms with Crippen molar-refractivity contribution in [3.8, 4) is 5.75 Å². The lowest BCUT2D eigenvalue weighted by atomic mass is 10.2. The fourth-order valence-corrected chi connectivity index (χ4v) is 3.12. The van der Waals surface area contributed by atoms with Crippen LogP contribution in [-0.4, -0.2) is 42.8 Å². The molecular weight excluding hydrogens is 478 g/mol. The monoisotopic (exact) mass is 499 g/mol. The molecular formula is C23H22BrN3O5. The number of rotatable bonds is 9. The third kappa shape index (κ3) is 6.71. The van der Waals surface area contributed by atoms with Crippen LogP contribution in [-0.2, 0) is 16.1 Å². The zero-order chi connectivity index (χ0) is 22.9. The van der Waals surface area contributed by atoms with Crippen LogP contribution in [0.1, 0.15) is 16.1 Å². The van der Waals surface area contributed by atoms with E-state index in [1.165, 1.54) is 11.2 Å². The van der Waals surface area contributed by atoms with Crippen LogP contribution in [0.5, 0.6) is 5.75 Å². The smallest absolute Gasteiger partial charge is 0.254 e. The van der Waals surface area contributed by atoms with E-state index in [4.69, 9.17) is 9.15 Å². The molecule has 0 aliphatic rings. The van der Waals surface area contributed by atoms with Crippen LogP contribution in [0.4, 0.5) is 5.69 Å². The highest BCUT2D eigenvalue weighted by molar-refractivity contribution is 9.10. The van der Waals surface area contributed by atoms with Crippen LogP contribution in [0.2, 0.25) is 0 Å². The van der Waals surface area contributed by atoms with E-state index in [1.807, 2.05) is 0 Å². The Balaban J connectivity index is 1.58. The second-order valence-electron chi connectivity index (χ2n) is 6.80. The first-order valence-electron chi connectivity index (χ1n) is 9.72.